The first-order valence-corrected chi connectivity index (χ1v) is 6.95. The van der Waals surface area contributed by atoms with Crippen molar-refractivity contribution in [2.75, 3.05) is 6.61 Å². The zero-order valence-electron chi connectivity index (χ0n) is 8.78. The topological polar surface area (TPSA) is 26.3 Å². The van der Waals surface area contributed by atoms with E-state index in [-0.39, 0.29) is 15.5 Å². The maximum atomic E-state index is 11.3. The first-order chi connectivity index (χ1) is 6.33. The van der Waals surface area contributed by atoms with Crippen LogP contribution in [0.25, 0.3) is 0 Å². The Labute approximate surface area is 84.6 Å². The van der Waals surface area contributed by atoms with Gasteiger partial charge in [0, 0.05) is 22.9 Å². The van der Waals surface area contributed by atoms with E-state index in [2.05, 4.69) is 4.74 Å². The fraction of sp³-hybridized carbons (Fsp3) is 0.875. The number of hydrogen-bond donors (Lipinski definition) is 0. The van der Waals surface area contributed by atoms with Gasteiger partial charge in [-0.3, -0.25) is 4.79 Å². The fourth-order valence-electron chi connectivity index (χ4n) is 0.580. The van der Waals surface area contributed by atoms with Crippen LogP contribution in [0.1, 0.15) is 20.3 Å². The molecular weight excluding hydrogens is 213 g/mol. The van der Waals surface area contributed by atoms with Crippen LogP contribution in [0.3, 0.4) is 0 Å². The van der Waals surface area contributed by atoms with Crippen LogP contribution in [0, 0.1) is 0 Å². The third-order valence-corrected chi connectivity index (χ3v) is 2.22. The second-order valence-corrected chi connectivity index (χ2v) is 4.35. The van der Waals surface area contributed by atoms with Crippen molar-refractivity contribution in [1.82, 2.24) is 0 Å². The normalized spacial score (nSPS) is 11.0. The Bertz CT molecular complexity index is 148. The predicted molar refractivity (Wildman–Crippen MR) is 52.2 cm³/mol. The van der Waals surface area contributed by atoms with Crippen LogP contribution in [0.15, 0.2) is 0 Å². The van der Waals surface area contributed by atoms with E-state index in [0.717, 1.165) is 0 Å². The number of ether oxygens (including phenoxy) is 1. The largest absolute Gasteiger partial charge is 0.466 e. The van der Waals surface area contributed by atoms with Crippen molar-refractivity contribution in [3.8, 4) is 0 Å². The van der Waals surface area contributed by atoms with Gasteiger partial charge in [0.1, 0.15) is 0 Å². The number of rotatable bonds is 3. The van der Waals surface area contributed by atoms with Crippen molar-refractivity contribution in [3.63, 3.8) is 0 Å². The van der Waals surface area contributed by atoms with Crippen molar-refractivity contribution < 1.29 is 22.7 Å². The highest BCUT2D eigenvalue weighted by molar-refractivity contribution is 6.33. The van der Waals surface area contributed by atoms with E-state index in [9.17, 15) is 18.0 Å². The highest BCUT2D eigenvalue weighted by Gasteiger charge is 2.25. The molecule has 0 aromatic carbocycles. The van der Waals surface area contributed by atoms with Gasteiger partial charge in [0.2, 0.25) is 0 Å². The summed E-state index contributed by atoms with van der Waals surface area (Å²) < 4.78 is 38.2. The molecule has 0 rings (SSSR count). The van der Waals surface area contributed by atoms with E-state index in [1.165, 1.54) is 6.92 Å². The first kappa shape index (κ1) is 15.9. The van der Waals surface area contributed by atoms with Crippen LogP contribution in [0.5, 0.6) is 0 Å². The molecule has 86 valence electrons. The number of hydrogen-bond acceptors (Lipinski definition) is 2. The number of carbonyl (C=O) groups excluding carboxylic acids is 1. The molecule has 0 N–H and O–H groups in total. The maximum absolute atomic E-state index is 11.3. The Morgan fingerprint density at radius 2 is 1.93 bits per heavy atom. The average Bonchev–Trinajstić information content (AvgIpc) is 2.00. The summed E-state index contributed by atoms with van der Waals surface area (Å²) in [6.07, 6.45) is -4.49. The molecule has 0 heterocycles. The molecule has 0 radical (unpaired) electrons. The predicted octanol–water partition coefficient (Wildman–Crippen LogP) is 2.14. The van der Waals surface area contributed by atoms with Gasteiger partial charge in [0.25, 0.3) is 0 Å². The molecule has 0 fully saturated rings. The number of carbonyl (C=O) groups is 1. The van der Waals surface area contributed by atoms with Gasteiger partial charge >= 0.3 is 12.1 Å². The molecule has 0 bridgehead atoms. The van der Waals surface area contributed by atoms with Gasteiger partial charge < -0.3 is 4.74 Å². The van der Waals surface area contributed by atoms with Crippen LogP contribution in [-0.2, 0) is 9.53 Å². The molecule has 0 spiro atoms. The average molecular weight is 230 g/mol. The van der Waals surface area contributed by atoms with Crippen LogP contribution in [0.2, 0.25) is 12.6 Å². The molecule has 0 saturated carbocycles. The minimum Gasteiger partial charge on any atom is -0.466 e. The zero-order chi connectivity index (χ0) is 11.6. The fourth-order valence-corrected chi connectivity index (χ4v) is 1.33. The van der Waals surface area contributed by atoms with E-state index in [1.807, 2.05) is 6.55 Å². The van der Waals surface area contributed by atoms with Gasteiger partial charge in [-0.15, -0.1) is 0 Å². The van der Waals surface area contributed by atoms with Gasteiger partial charge in [-0.2, -0.15) is 13.2 Å². The van der Waals surface area contributed by atoms with Crippen molar-refractivity contribution >= 4 is 15.5 Å². The van der Waals surface area contributed by atoms with Crippen molar-refractivity contribution in [3.05, 3.63) is 0 Å². The second-order valence-electron chi connectivity index (χ2n) is 2.64. The molecule has 6 heteroatoms. The van der Waals surface area contributed by atoms with Crippen LogP contribution in [0.4, 0.5) is 13.2 Å². The summed E-state index contributed by atoms with van der Waals surface area (Å²) in [5, 5.41) is 0. The van der Waals surface area contributed by atoms with Crippen molar-refractivity contribution in [2.45, 2.75) is 39.0 Å². The van der Waals surface area contributed by atoms with Crippen LogP contribution >= 0.6 is 0 Å². The highest BCUT2D eigenvalue weighted by atomic mass is 28.2. The molecule has 0 aliphatic carbocycles. The quantitative estimate of drug-likeness (QED) is 0.548. The standard InChI is InChI=1S/C4H9F3Si.C4H8O2/c1-8-3-2-4(5,6)7;1-3-6-4(2)5/h2-3,8H2,1H3;3H2,1-2H3. The SMILES string of the molecule is CCOC(C)=O.C[SiH2]CCC(F)(F)F. The van der Waals surface area contributed by atoms with Gasteiger partial charge in [-0.1, -0.05) is 12.6 Å². The molecule has 14 heavy (non-hydrogen) atoms. The molecule has 0 aromatic heterocycles. The van der Waals surface area contributed by atoms with Crippen LogP contribution < -0.4 is 0 Å². The third-order valence-electron chi connectivity index (χ3n) is 1.16. The summed E-state index contributed by atoms with van der Waals surface area (Å²) in [7, 11) is -0.386. The minimum absolute atomic E-state index is 0.211. The smallest absolute Gasteiger partial charge is 0.388 e. The Balaban J connectivity index is 0. The Hall–Kier alpha value is -0.523. The molecule has 0 amide bonds. The summed E-state index contributed by atoms with van der Waals surface area (Å²) in [6.45, 7) is 5.53. The van der Waals surface area contributed by atoms with Crippen molar-refractivity contribution in [2.24, 2.45) is 0 Å². The lowest BCUT2D eigenvalue weighted by Gasteiger charge is -2.01. The summed E-state index contributed by atoms with van der Waals surface area (Å²) in [4.78, 5) is 9.82. The molecule has 0 aromatic rings. The second kappa shape index (κ2) is 9.05. The summed E-state index contributed by atoms with van der Waals surface area (Å²) >= 11 is 0. The Morgan fingerprint density at radius 1 is 1.43 bits per heavy atom. The number of halogens is 3. The Kier molecular flexibility index (Phi) is 10.3. The van der Waals surface area contributed by atoms with E-state index in [4.69, 9.17) is 0 Å². The lowest BCUT2D eigenvalue weighted by atomic mass is 10.5. The minimum atomic E-state index is -3.91. The molecule has 0 unspecified atom stereocenters. The third kappa shape index (κ3) is 22.5. The number of esters is 1. The van der Waals surface area contributed by atoms with Gasteiger partial charge in [0.05, 0.1) is 6.61 Å². The molecular formula is C8H17F3O2Si. The molecule has 0 atom stereocenters. The highest BCUT2D eigenvalue weighted by Crippen LogP contribution is 2.20. The maximum Gasteiger partial charge on any atom is 0.388 e. The Morgan fingerprint density at radius 3 is 2.00 bits per heavy atom. The monoisotopic (exact) mass is 230 g/mol. The number of alkyl halides is 3. The van der Waals surface area contributed by atoms with Gasteiger partial charge in [0.15, 0.2) is 0 Å². The lowest BCUT2D eigenvalue weighted by Crippen LogP contribution is -2.06. The van der Waals surface area contributed by atoms with Crippen LogP contribution in [-0.4, -0.2) is 28.3 Å². The summed E-state index contributed by atoms with van der Waals surface area (Å²) in [5.41, 5.74) is 0. The first-order valence-electron chi connectivity index (χ1n) is 4.53. The zero-order valence-corrected chi connectivity index (χ0v) is 10.2. The summed E-state index contributed by atoms with van der Waals surface area (Å²) in [6, 6.07) is 0.392. The molecule has 2 nitrogen and oxygen atoms in total. The molecule has 0 saturated heterocycles. The van der Waals surface area contributed by atoms with E-state index in [0.29, 0.717) is 12.7 Å². The summed E-state index contributed by atoms with van der Waals surface area (Å²) in [5.74, 6) is -0.211. The van der Waals surface area contributed by atoms with E-state index < -0.39 is 12.6 Å². The molecule has 0 aliphatic rings. The van der Waals surface area contributed by atoms with Gasteiger partial charge in [-0.05, 0) is 6.92 Å². The van der Waals surface area contributed by atoms with Crippen molar-refractivity contribution in [1.29, 1.82) is 0 Å². The van der Waals surface area contributed by atoms with Gasteiger partial charge in [-0.25, -0.2) is 0 Å². The lowest BCUT2D eigenvalue weighted by molar-refractivity contribution is -0.140. The van der Waals surface area contributed by atoms with E-state index >= 15 is 0 Å². The van der Waals surface area contributed by atoms with E-state index in [1.54, 1.807) is 6.92 Å². The molecule has 0 aliphatic heterocycles.